The molecule has 0 radical (unpaired) electrons. The zero-order valence-corrected chi connectivity index (χ0v) is 13.5. The first-order chi connectivity index (χ1) is 11.7. The van der Waals surface area contributed by atoms with Crippen LogP contribution in [0.1, 0.15) is 45.5 Å². The van der Waals surface area contributed by atoms with Crippen molar-refractivity contribution in [2.75, 3.05) is 6.54 Å². The molecule has 4 heteroatoms. The van der Waals surface area contributed by atoms with Gasteiger partial charge in [0.15, 0.2) is 0 Å². The summed E-state index contributed by atoms with van der Waals surface area (Å²) in [6.07, 6.45) is 2.29. The van der Waals surface area contributed by atoms with Crippen LogP contribution < -0.4 is 0 Å². The molecule has 0 bridgehead atoms. The number of aryl methyl sites for hydroxylation is 1. The van der Waals surface area contributed by atoms with Gasteiger partial charge in [0, 0.05) is 6.54 Å². The zero-order valence-electron chi connectivity index (χ0n) is 13.5. The molecule has 0 saturated heterocycles. The smallest absolute Gasteiger partial charge is 0.261 e. The Bertz CT molecular complexity index is 692. The van der Waals surface area contributed by atoms with Gasteiger partial charge in [-0.3, -0.25) is 14.5 Å². The minimum Gasteiger partial charge on any atom is -0.393 e. The molecule has 1 aliphatic heterocycles. The average Bonchev–Trinajstić information content (AvgIpc) is 2.86. The van der Waals surface area contributed by atoms with Crippen LogP contribution in [-0.2, 0) is 6.42 Å². The van der Waals surface area contributed by atoms with Crippen molar-refractivity contribution in [3.8, 4) is 0 Å². The molecular weight excluding hydrogens is 302 g/mol. The van der Waals surface area contributed by atoms with Crippen LogP contribution in [0.4, 0.5) is 0 Å². The lowest BCUT2D eigenvalue weighted by molar-refractivity contribution is 0.0639. The fourth-order valence-corrected chi connectivity index (χ4v) is 3.05. The summed E-state index contributed by atoms with van der Waals surface area (Å²) in [4.78, 5) is 25.8. The number of aliphatic hydroxyl groups excluding tert-OH is 1. The summed E-state index contributed by atoms with van der Waals surface area (Å²) in [6.45, 7) is 0.356. The molecular formula is C20H21NO3. The third-order valence-electron chi connectivity index (χ3n) is 4.41. The van der Waals surface area contributed by atoms with Crippen molar-refractivity contribution in [1.29, 1.82) is 0 Å². The molecule has 0 fully saturated rings. The van der Waals surface area contributed by atoms with Gasteiger partial charge in [-0.25, -0.2) is 0 Å². The Hall–Kier alpha value is -2.46. The van der Waals surface area contributed by atoms with E-state index in [0.717, 1.165) is 6.42 Å². The highest BCUT2D eigenvalue weighted by atomic mass is 16.3. The summed E-state index contributed by atoms with van der Waals surface area (Å²) < 4.78 is 0. The van der Waals surface area contributed by atoms with Crippen LogP contribution in [0.5, 0.6) is 0 Å². The van der Waals surface area contributed by atoms with E-state index in [4.69, 9.17) is 0 Å². The van der Waals surface area contributed by atoms with E-state index in [-0.39, 0.29) is 11.8 Å². The molecule has 1 atom stereocenters. The molecule has 2 aromatic carbocycles. The first kappa shape index (κ1) is 16.4. The number of nitrogens with zero attached hydrogens (tertiary/aromatic N) is 1. The highest BCUT2D eigenvalue weighted by Crippen LogP contribution is 2.23. The Kier molecular flexibility index (Phi) is 5.06. The lowest BCUT2D eigenvalue weighted by Crippen LogP contribution is -2.31. The van der Waals surface area contributed by atoms with E-state index >= 15 is 0 Å². The number of hydrogen-bond acceptors (Lipinski definition) is 3. The number of benzene rings is 2. The molecule has 0 saturated carbocycles. The van der Waals surface area contributed by atoms with Crippen molar-refractivity contribution in [3.63, 3.8) is 0 Å². The van der Waals surface area contributed by atoms with E-state index in [1.807, 2.05) is 30.3 Å². The topological polar surface area (TPSA) is 57.6 Å². The molecule has 0 aliphatic carbocycles. The van der Waals surface area contributed by atoms with Crippen molar-refractivity contribution in [2.45, 2.75) is 31.8 Å². The second-order valence-corrected chi connectivity index (χ2v) is 6.13. The van der Waals surface area contributed by atoms with Gasteiger partial charge in [-0.15, -0.1) is 0 Å². The second kappa shape index (κ2) is 7.41. The summed E-state index contributed by atoms with van der Waals surface area (Å²) in [6, 6.07) is 16.9. The summed E-state index contributed by atoms with van der Waals surface area (Å²) >= 11 is 0. The van der Waals surface area contributed by atoms with Crippen molar-refractivity contribution < 1.29 is 14.7 Å². The lowest BCUT2D eigenvalue weighted by Gasteiger charge is -2.15. The van der Waals surface area contributed by atoms with E-state index < -0.39 is 6.10 Å². The Morgan fingerprint density at radius 1 is 0.833 bits per heavy atom. The fraction of sp³-hybridized carbons (Fsp3) is 0.300. The number of carbonyl (C=O) groups is 2. The quantitative estimate of drug-likeness (QED) is 0.797. The highest BCUT2D eigenvalue weighted by Gasteiger charge is 2.34. The number of imide groups is 1. The van der Waals surface area contributed by atoms with Crippen LogP contribution in [0.2, 0.25) is 0 Å². The maximum atomic E-state index is 12.2. The van der Waals surface area contributed by atoms with E-state index in [1.54, 1.807) is 24.3 Å². The van der Waals surface area contributed by atoms with Gasteiger partial charge in [0.1, 0.15) is 0 Å². The van der Waals surface area contributed by atoms with Gasteiger partial charge >= 0.3 is 0 Å². The van der Waals surface area contributed by atoms with Crippen molar-refractivity contribution >= 4 is 11.8 Å². The molecule has 0 spiro atoms. The number of rotatable bonds is 7. The molecule has 24 heavy (non-hydrogen) atoms. The van der Waals surface area contributed by atoms with Crippen LogP contribution in [0, 0.1) is 0 Å². The SMILES string of the molecule is O=C1c2ccccc2C(=O)N1CCCC(O)CCc1ccccc1. The molecule has 1 unspecified atom stereocenters. The van der Waals surface area contributed by atoms with Gasteiger partial charge in [0.05, 0.1) is 17.2 Å². The van der Waals surface area contributed by atoms with Gasteiger partial charge in [-0.05, 0) is 43.4 Å². The molecule has 4 nitrogen and oxygen atoms in total. The standard InChI is InChI=1S/C20H21NO3/c22-16(13-12-15-7-2-1-3-8-15)9-6-14-21-19(23)17-10-4-5-11-18(17)20(21)24/h1-5,7-8,10-11,16,22H,6,9,12-14H2. The molecule has 124 valence electrons. The first-order valence-corrected chi connectivity index (χ1v) is 8.34. The summed E-state index contributed by atoms with van der Waals surface area (Å²) in [7, 11) is 0. The summed E-state index contributed by atoms with van der Waals surface area (Å²) in [5.74, 6) is -0.455. The van der Waals surface area contributed by atoms with Gasteiger partial charge in [0.2, 0.25) is 0 Å². The highest BCUT2D eigenvalue weighted by molar-refractivity contribution is 6.21. The Morgan fingerprint density at radius 2 is 1.42 bits per heavy atom. The molecule has 2 amide bonds. The third-order valence-corrected chi connectivity index (χ3v) is 4.41. The van der Waals surface area contributed by atoms with Crippen molar-refractivity contribution in [2.24, 2.45) is 0 Å². The maximum Gasteiger partial charge on any atom is 0.261 e. The van der Waals surface area contributed by atoms with E-state index in [2.05, 4.69) is 0 Å². The largest absolute Gasteiger partial charge is 0.393 e. The van der Waals surface area contributed by atoms with Crippen LogP contribution >= 0.6 is 0 Å². The van der Waals surface area contributed by atoms with Gasteiger partial charge < -0.3 is 5.11 Å². The summed E-state index contributed by atoms with van der Waals surface area (Å²) in [5, 5.41) is 10.1. The van der Waals surface area contributed by atoms with Crippen LogP contribution in [0.15, 0.2) is 54.6 Å². The van der Waals surface area contributed by atoms with E-state index in [9.17, 15) is 14.7 Å². The number of fused-ring (bicyclic) bond motifs is 1. The normalized spacial score (nSPS) is 14.8. The molecule has 1 N–H and O–H groups in total. The average molecular weight is 323 g/mol. The molecule has 0 aromatic heterocycles. The Morgan fingerprint density at radius 3 is 2.04 bits per heavy atom. The van der Waals surface area contributed by atoms with Crippen molar-refractivity contribution in [1.82, 2.24) is 4.90 Å². The number of aliphatic hydroxyl groups is 1. The van der Waals surface area contributed by atoms with Gasteiger partial charge in [-0.2, -0.15) is 0 Å². The van der Waals surface area contributed by atoms with Gasteiger partial charge in [0.25, 0.3) is 11.8 Å². The predicted octanol–water partition coefficient (Wildman–Crippen LogP) is 3.06. The maximum absolute atomic E-state index is 12.2. The second-order valence-electron chi connectivity index (χ2n) is 6.13. The minimum atomic E-state index is -0.416. The number of amides is 2. The molecule has 1 aliphatic rings. The number of hydrogen-bond donors (Lipinski definition) is 1. The fourth-order valence-electron chi connectivity index (χ4n) is 3.05. The zero-order chi connectivity index (χ0) is 16.9. The Balaban J connectivity index is 1.45. The molecule has 1 heterocycles. The summed E-state index contributed by atoms with van der Waals surface area (Å²) in [5.41, 5.74) is 2.16. The van der Waals surface area contributed by atoms with E-state index in [0.29, 0.717) is 36.9 Å². The molecule has 2 aromatic rings. The Labute approximate surface area is 141 Å². The number of carbonyl (C=O) groups excluding carboxylic acids is 2. The first-order valence-electron chi connectivity index (χ1n) is 8.34. The minimum absolute atomic E-state index is 0.227. The van der Waals surface area contributed by atoms with Gasteiger partial charge in [-0.1, -0.05) is 42.5 Å². The van der Waals surface area contributed by atoms with Crippen LogP contribution in [0.25, 0.3) is 0 Å². The van der Waals surface area contributed by atoms with E-state index in [1.165, 1.54) is 10.5 Å². The van der Waals surface area contributed by atoms with Crippen LogP contribution in [0.3, 0.4) is 0 Å². The lowest BCUT2D eigenvalue weighted by atomic mass is 10.0. The van der Waals surface area contributed by atoms with Crippen LogP contribution in [-0.4, -0.2) is 34.5 Å². The predicted molar refractivity (Wildman–Crippen MR) is 91.8 cm³/mol. The monoisotopic (exact) mass is 323 g/mol. The van der Waals surface area contributed by atoms with Crippen molar-refractivity contribution in [3.05, 3.63) is 71.3 Å². The third kappa shape index (κ3) is 3.54. The molecule has 3 rings (SSSR count).